The quantitative estimate of drug-likeness (QED) is 0.205. The Hall–Kier alpha value is -1.57. The number of aliphatic imine (C=N–C) groups is 1. The molecule has 0 aliphatic rings. The van der Waals surface area contributed by atoms with Gasteiger partial charge in [0, 0.05) is 18.8 Å². The van der Waals surface area contributed by atoms with E-state index in [2.05, 4.69) is 20.9 Å². The molecule has 0 aliphatic heterocycles. The molecule has 0 aromatic heterocycles. The minimum Gasteiger partial charge on any atom is -0.357 e. The van der Waals surface area contributed by atoms with Gasteiger partial charge in [-0.1, -0.05) is 0 Å². The van der Waals surface area contributed by atoms with Crippen LogP contribution in [-0.2, 0) is 14.6 Å². The number of nitrogens with zero attached hydrogens (tertiary/aromatic N) is 1. The Bertz CT molecular complexity index is 807. The second-order valence-corrected chi connectivity index (χ2v) is 8.19. The first-order valence-corrected chi connectivity index (χ1v) is 10.3. The van der Waals surface area contributed by atoms with E-state index in [0.29, 0.717) is 19.0 Å². The summed E-state index contributed by atoms with van der Waals surface area (Å²) in [6.45, 7) is 3.64. The molecule has 1 rings (SSSR count). The van der Waals surface area contributed by atoms with Crippen LogP contribution in [0.5, 0.6) is 0 Å². The molecule has 0 spiro atoms. The van der Waals surface area contributed by atoms with Crippen LogP contribution in [0.1, 0.15) is 20.3 Å². The number of sulfone groups is 1. The molecule has 0 aliphatic carbocycles. The molecule has 3 N–H and O–H groups in total. The number of guanidine groups is 1. The van der Waals surface area contributed by atoms with Gasteiger partial charge in [0.25, 0.3) is 0 Å². The number of carbonyl (C=O) groups is 1. The molecule has 12 heteroatoms. The van der Waals surface area contributed by atoms with Crippen molar-refractivity contribution in [1.29, 1.82) is 0 Å². The summed E-state index contributed by atoms with van der Waals surface area (Å²) in [6.07, 6.45) is 1.48. The molecule has 0 bridgehead atoms. The van der Waals surface area contributed by atoms with E-state index in [1.807, 2.05) is 0 Å². The standard InChI is InChI=1S/C16H23F3N4O3S.HI/c1-4-20-16(22-10(2)7-8-27(3,25)26)21-9-13(24)23-12-6-5-11(17)14(18)15(12)19;/h5-6,10H,4,7-9H2,1-3H3,(H,23,24)(H2,20,21,22);1H. The molecule has 0 heterocycles. The van der Waals surface area contributed by atoms with Gasteiger partial charge in [0.05, 0.1) is 11.4 Å². The number of hydrogen-bond donors (Lipinski definition) is 3. The Morgan fingerprint density at radius 1 is 1.21 bits per heavy atom. The highest BCUT2D eigenvalue weighted by Gasteiger charge is 2.15. The first-order chi connectivity index (χ1) is 12.5. The highest BCUT2D eigenvalue weighted by atomic mass is 127. The van der Waals surface area contributed by atoms with Crippen molar-refractivity contribution in [3.05, 3.63) is 29.6 Å². The molecule has 1 atom stereocenters. The van der Waals surface area contributed by atoms with Crippen LogP contribution in [0.2, 0.25) is 0 Å². The van der Waals surface area contributed by atoms with Gasteiger partial charge in [0.1, 0.15) is 16.4 Å². The highest BCUT2D eigenvalue weighted by Crippen LogP contribution is 2.19. The fourth-order valence-electron chi connectivity index (χ4n) is 1.98. The maximum Gasteiger partial charge on any atom is 0.246 e. The van der Waals surface area contributed by atoms with Crippen molar-refractivity contribution >= 4 is 51.4 Å². The van der Waals surface area contributed by atoms with Crippen molar-refractivity contribution in [3.63, 3.8) is 0 Å². The minimum atomic E-state index is -3.10. The number of rotatable bonds is 8. The minimum absolute atomic E-state index is 0. The molecule has 7 nitrogen and oxygen atoms in total. The van der Waals surface area contributed by atoms with Crippen LogP contribution in [0, 0.1) is 17.5 Å². The van der Waals surface area contributed by atoms with Crippen LogP contribution in [0.4, 0.5) is 18.9 Å². The van der Waals surface area contributed by atoms with Crippen LogP contribution in [0.15, 0.2) is 17.1 Å². The van der Waals surface area contributed by atoms with E-state index in [-0.39, 0.29) is 41.7 Å². The Labute approximate surface area is 179 Å². The molecule has 0 saturated heterocycles. The third-order valence-corrected chi connectivity index (χ3v) is 4.32. The lowest BCUT2D eigenvalue weighted by atomic mass is 10.2. The Morgan fingerprint density at radius 3 is 2.43 bits per heavy atom. The second kappa shape index (κ2) is 12.1. The van der Waals surface area contributed by atoms with Gasteiger partial charge in [-0.2, -0.15) is 0 Å². The first-order valence-electron chi connectivity index (χ1n) is 8.19. The number of hydrogen-bond acceptors (Lipinski definition) is 4. The number of carbonyl (C=O) groups excluding carboxylic acids is 1. The first kappa shape index (κ1) is 26.4. The lowest BCUT2D eigenvalue weighted by Crippen LogP contribution is -2.43. The zero-order chi connectivity index (χ0) is 20.6. The summed E-state index contributed by atoms with van der Waals surface area (Å²) in [5.41, 5.74) is -0.492. The van der Waals surface area contributed by atoms with Crippen LogP contribution < -0.4 is 16.0 Å². The number of anilines is 1. The monoisotopic (exact) mass is 536 g/mol. The van der Waals surface area contributed by atoms with Crippen molar-refractivity contribution in [3.8, 4) is 0 Å². The zero-order valence-electron chi connectivity index (χ0n) is 15.7. The van der Waals surface area contributed by atoms with Gasteiger partial charge < -0.3 is 16.0 Å². The van der Waals surface area contributed by atoms with Gasteiger partial charge in [-0.15, -0.1) is 24.0 Å². The smallest absolute Gasteiger partial charge is 0.246 e. The van der Waals surface area contributed by atoms with Gasteiger partial charge in [-0.05, 0) is 32.4 Å². The third-order valence-electron chi connectivity index (χ3n) is 3.34. The van der Waals surface area contributed by atoms with Crippen molar-refractivity contribution < 1.29 is 26.4 Å². The van der Waals surface area contributed by atoms with E-state index in [4.69, 9.17) is 0 Å². The lowest BCUT2D eigenvalue weighted by Gasteiger charge is -2.17. The average Bonchev–Trinajstić information content (AvgIpc) is 2.58. The van der Waals surface area contributed by atoms with E-state index in [1.165, 1.54) is 0 Å². The number of halogens is 4. The Balaban J connectivity index is 0.00000729. The van der Waals surface area contributed by atoms with Gasteiger partial charge in [-0.3, -0.25) is 4.79 Å². The summed E-state index contributed by atoms with van der Waals surface area (Å²) >= 11 is 0. The molecule has 28 heavy (non-hydrogen) atoms. The lowest BCUT2D eigenvalue weighted by molar-refractivity contribution is -0.114. The molecule has 1 aromatic carbocycles. The second-order valence-electron chi connectivity index (χ2n) is 5.93. The summed E-state index contributed by atoms with van der Waals surface area (Å²) < 4.78 is 62.0. The molecular formula is C16H24F3IN4O3S. The Morgan fingerprint density at radius 2 is 1.86 bits per heavy atom. The third kappa shape index (κ3) is 9.57. The zero-order valence-corrected chi connectivity index (χ0v) is 18.8. The van der Waals surface area contributed by atoms with E-state index in [0.717, 1.165) is 12.3 Å². The van der Waals surface area contributed by atoms with Crippen molar-refractivity contribution in [2.24, 2.45) is 4.99 Å². The molecule has 0 saturated carbocycles. The fourth-order valence-corrected chi connectivity index (χ4v) is 2.76. The highest BCUT2D eigenvalue weighted by molar-refractivity contribution is 14.0. The molecular weight excluding hydrogens is 512 g/mol. The van der Waals surface area contributed by atoms with Crippen molar-refractivity contribution in [1.82, 2.24) is 10.6 Å². The van der Waals surface area contributed by atoms with Crippen LogP contribution in [-0.4, -0.2) is 51.4 Å². The summed E-state index contributed by atoms with van der Waals surface area (Å²) in [6, 6.07) is 1.38. The summed E-state index contributed by atoms with van der Waals surface area (Å²) in [5.74, 6) is -5.00. The fraction of sp³-hybridized carbons (Fsp3) is 0.500. The predicted octanol–water partition coefficient (Wildman–Crippen LogP) is 2.04. The van der Waals surface area contributed by atoms with Crippen LogP contribution in [0.25, 0.3) is 0 Å². The van der Waals surface area contributed by atoms with Gasteiger partial charge >= 0.3 is 0 Å². The topological polar surface area (TPSA) is 99.7 Å². The predicted molar refractivity (Wildman–Crippen MR) is 113 cm³/mol. The molecule has 1 aromatic rings. The van der Waals surface area contributed by atoms with E-state index in [9.17, 15) is 26.4 Å². The van der Waals surface area contributed by atoms with Crippen LogP contribution >= 0.6 is 24.0 Å². The molecule has 0 fully saturated rings. The number of benzene rings is 1. The van der Waals surface area contributed by atoms with E-state index < -0.39 is 45.4 Å². The van der Waals surface area contributed by atoms with Crippen molar-refractivity contribution in [2.45, 2.75) is 26.3 Å². The normalized spacial score (nSPS) is 12.7. The molecule has 0 radical (unpaired) electrons. The largest absolute Gasteiger partial charge is 0.357 e. The average molecular weight is 536 g/mol. The number of amides is 1. The Kier molecular flexibility index (Phi) is 11.4. The maximum atomic E-state index is 13.6. The summed E-state index contributed by atoms with van der Waals surface area (Å²) in [7, 11) is -3.10. The maximum absolute atomic E-state index is 13.6. The van der Waals surface area contributed by atoms with Gasteiger partial charge in [-0.25, -0.2) is 26.6 Å². The molecule has 1 unspecified atom stereocenters. The summed E-state index contributed by atoms with van der Waals surface area (Å²) in [5, 5.41) is 7.94. The SMILES string of the molecule is CCNC(=NCC(=O)Nc1ccc(F)c(F)c1F)NC(C)CCS(C)(=O)=O.I. The summed E-state index contributed by atoms with van der Waals surface area (Å²) in [4.78, 5) is 15.9. The van der Waals surface area contributed by atoms with E-state index >= 15 is 0 Å². The van der Waals surface area contributed by atoms with Crippen LogP contribution in [0.3, 0.4) is 0 Å². The number of nitrogens with one attached hydrogen (secondary N) is 3. The van der Waals surface area contributed by atoms with E-state index in [1.54, 1.807) is 13.8 Å². The molecule has 160 valence electrons. The van der Waals surface area contributed by atoms with Gasteiger partial charge in [0.15, 0.2) is 23.4 Å². The van der Waals surface area contributed by atoms with Crippen molar-refractivity contribution in [2.75, 3.05) is 30.4 Å². The van der Waals surface area contributed by atoms with Gasteiger partial charge in [0.2, 0.25) is 5.91 Å². The molecule has 1 amide bonds.